The van der Waals surface area contributed by atoms with Crippen molar-refractivity contribution < 1.29 is 18.8 Å². The number of aryl methyl sites for hydroxylation is 2. The van der Waals surface area contributed by atoms with E-state index < -0.39 is 6.04 Å². The van der Waals surface area contributed by atoms with Crippen molar-refractivity contribution in [1.29, 1.82) is 0 Å². The highest BCUT2D eigenvalue weighted by Gasteiger charge is 2.36. The highest BCUT2D eigenvalue weighted by atomic mass is 16.7. The molecule has 0 saturated heterocycles. The number of ether oxygens (including phenoxy) is 2. The van der Waals surface area contributed by atoms with Crippen LogP contribution in [0.1, 0.15) is 41.1 Å². The fourth-order valence-corrected chi connectivity index (χ4v) is 4.71. The molecule has 3 aromatic carbocycles. The van der Waals surface area contributed by atoms with Crippen LogP contribution in [-0.2, 0) is 6.54 Å². The summed E-state index contributed by atoms with van der Waals surface area (Å²) in [7, 11) is 0. The maximum Gasteiger partial charge on any atom is 0.322 e. The quantitative estimate of drug-likeness (QED) is 0.378. The number of hydrogen-bond acceptors (Lipinski definition) is 6. The lowest BCUT2D eigenvalue weighted by molar-refractivity contribution is 0.174. The van der Waals surface area contributed by atoms with Gasteiger partial charge in [0.25, 0.3) is 5.89 Å². The zero-order valence-corrected chi connectivity index (χ0v) is 20.8. The van der Waals surface area contributed by atoms with Crippen LogP contribution in [0.5, 0.6) is 11.5 Å². The van der Waals surface area contributed by atoms with E-state index in [9.17, 15) is 4.79 Å². The molecule has 0 spiro atoms. The molecular formula is C29H26N4O4. The van der Waals surface area contributed by atoms with E-state index in [1.54, 1.807) is 4.90 Å². The number of amides is 2. The van der Waals surface area contributed by atoms with Crippen molar-refractivity contribution >= 4 is 11.6 Å². The van der Waals surface area contributed by atoms with Gasteiger partial charge in [0.2, 0.25) is 12.6 Å². The fraction of sp³-hybridized carbons (Fsp3) is 0.207. The van der Waals surface area contributed by atoms with Gasteiger partial charge in [0, 0.05) is 11.3 Å². The Morgan fingerprint density at radius 1 is 0.946 bits per heavy atom. The first-order valence-electron chi connectivity index (χ1n) is 12.1. The van der Waals surface area contributed by atoms with Crippen LogP contribution in [0.2, 0.25) is 0 Å². The van der Waals surface area contributed by atoms with Crippen molar-refractivity contribution in [2.24, 2.45) is 0 Å². The van der Waals surface area contributed by atoms with Gasteiger partial charge in [-0.3, -0.25) is 4.90 Å². The fourth-order valence-electron chi connectivity index (χ4n) is 4.71. The summed E-state index contributed by atoms with van der Waals surface area (Å²) in [5.74, 6) is 2.25. The molecule has 3 heterocycles. The molecule has 2 aliphatic rings. The van der Waals surface area contributed by atoms with Gasteiger partial charge in [0.05, 0.1) is 18.2 Å². The van der Waals surface area contributed by atoms with E-state index in [0.717, 1.165) is 39.1 Å². The van der Waals surface area contributed by atoms with Gasteiger partial charge in [-0.25, -0.2) is 4.79 Å². The second-order valence-corrected chi connectivity index (χ2v) is 9.36. The van der Waals surface area contributed by atoms with Crippen LogP contribution in [0.3, 0.4) is 0 Å². The molecule has 37 heavy (non-hydrogen) atoms. The first-order chi connectivity index (χ1) is 18.0. The minimum Gasteiger partial charge on any atom is -0.454 e. The predicted octanol–water partition coefficient (Wildman–Crippen LogP) is 5.78. The number of nitrogens with one attached hydrogen (secondary N) is 1. The third kappa shape index (κ3) is 4.31. The Hall–Kier alpha value is -4.59. The van der Waals surface area contributed by atoms with E-state index in [4.69, 9.17) is 19.0 Å². The molecule has 0 saturated carbocycles. The van der Waals surface area contributed by atoms with E-state index in [2.05, 4.69) is 10.5 Å². The summed E-state index contributed by atoms with van der Waals surface area (Å²) in [4.78, 5) is 19.8. The monoisotopic (exact) mass is 494 g/mol. The van der Waals surface area contributed by atoms with Gasteiger partial charge in [-0.05, 0) is 50.1 Å². The molecule has 0 radical (unpaired) electrons. The molecule has 4 aromatic rings. The summed E-state index contributed by atoms with van der Waals surface area (Å²) in [6, 6.07) is 21.1. The molecule has 6 rings (SSSR count). The minimum absolute atomic E-state index is 0.199. The second kappa shape index (κ2) is 9.13. The van der Waals surface area contributed by atoms with E-state index in [1.165, 1.54) is 0 Å². The highest BCUT2D eigenvalue weighted by Crippen LogP contribution is 2.39. The molecule has 0 fully saturated rings. The van der Waals surface area contributed by atoms with Crippen LogP contribution in [0.25, 0.3) is 17.0 Å². The summed E-state index contributed by atoms with van der Waals surface area (Å²) in [6.07, 6.45) is 0. The molecule has 8 heteroatoms. The molecule has 0 bridgehead atoms. The van der Waals surface area contributed by atoms with Crippen molar-refractivity contribution in [3.8, 4) is 22.9 Å². The van der Waals surface area contributed by atoms with Gasteiger partial charge in [-0.2, -0.15) is 4.98 Å². The predicted molar refractivity (Wildman–Crippen MR) is 138 cm³/mol. The number of fused-ring (bicyclic) bond motifs is 1. The summed E-state index contributed by atoms with van der Waals surface area (Å²) in [5.41, 5.74) is 6.47. The maximum atomic E-state index is 13.4. The molecule has 2 amide bonds. The summed E-state index contributed by atoms with van der Waals surface area (Å²) in [5, 5.41) is 7.42. The Kier molecular flexibility index (Phi) is 5.64. The van der Waals surface area contributed by atoms with Crippen molar-refractivity contribution in [3.63, 3.8) is 0 Å². The normalized spacial score (nSPS) is 16.8. The Morgan fingerprint density at radius 2 is 1.76 bits per heavy atom. The average Bonchev–Trinajstić information content (AvgIpc) is 3.56. The number of allylic oxidation sites excluding steroid dienone is 1. The zero-order chi connectivity index (χ0) is 25.5. The largest absolute Gasteiger partial charge is 0.454 e. The van der Waals surface area contributed by atoms with Crippen molar-refractivity contribution in [1.82, 2.24) is 20.4 Å². The van der Waals surface area contributed by atoms with Crippen LogP contribution in [0, 0.1) is 13.8 Å². The summed E-state index contributed by atoms with van der Waals surface area (Å²) < 4.78 is 16.8. The number of nitrogens with zero attached hydrogens (tertiary/aromatic N) is 3. The lowest BCUT2D eigenvalue weighted by Gasteiger charge is -2.35. The first-order valence-corrected chi connectivity index (χ1v) is 12.1. The molecule has 0 aliphatic carbocycles. The number of benzene rings is 3. The van der Waals surface area contributed by atoms with E-state index in [1.807, 2.05) is 87.5 Å². The van der Waals surface area contributed by atoms with Crippen molar-refractivity contribution in [2.75, 3.05) is 6.79 Å². The third-order valence-electron chi connectivity index (χ3n) is 6.72. The number of carbonyl (C=O) groups excluding carboxylic acids is 1. The van der Waals surface area contributed by atoms with E-state index >= 15 is 0 Å². The van der Waals surface area contributed by atoms with Gasteiger partial charge in [0.15, 0.2) is 11.5 Å². The van der Waals surface area contributed by atoms with Gasteiger partial charge in [-0.1, -0.05) is 64.8 Å². The molecule has 1 unspecified atom stereocenters. The number of urea groups is 1. The van der Waals surface area contributed by atoms with Gasteiger partial charge in [-0.15, -0.1) is 0 Å². The molecule has 8 nitrogen and oxygen atoms in total. The molecular weight excluding hydrogens is 468 g/mol. The smallest absolute Gasteiger partial charge is 0.322 e. The topological polar surface area (TPSA) is 89.7 Å². The second-order valence-electron chi connectivity index (χ2n) is 9.36. The Bertz CT molecular complexity index is 1520. The van der Waals surface area contributed by atoms with Gasteiger partial charge in [0.1, 0.15) is 0 Å². The van der Waals surface area contributed by atoms with Crippen molar-refractivity contribution in [3.05, 3.63) is 101 Å². The average molecular weight is 495 g/mol. The van der Waals surface area contributed by atoms with Crippen LogP contribution in [0.15, 0.2) is 77.0 Å². The number of hydrogen-bond donors (Lipinski definition) is 1. The summed E-state index contributed by atoms with van der Waals surface area (Å²) >= 11 is 0. The standard InChI is InChI=1S/C29H26N4O4/c1-17-7-10-21(11-8-17)26-25(28-31-27(32-37-28)22-6-4-5-18(2)13-22)19(3)33(29(34)30-26)15-20-9-12-23-24(14-20)36-16-35-23/h4-14,26H,15-16H2,1-3H3,(H,30,34). The Labute approximate surface area is 214 Å². The van der Waals surface area contributed by atoms with Crippen LogP contribution in [-0.4, -0.2) is 27.9 Å². The number of rotatable bonds is 5. The lowest BCUT2D eigenvalue weighted by Crippen LogP contribution is -2.45. The molecule has 1 N–H and O–H groups in total. The number of carbonyl (C=O) groups is 1. The molecule has 1 atom stereocenters. The molecule has 2 aliphatic heterocycles. The van der Waals surface area contributed by atoms with Crippen LogP contribution in [0.4, 0.5) is 4.79 Å². The van der Waals surface area contributed by atoms with E-state index in [-0.39, 0.29) is 12.8 Å². The third-order valence-corrected chi connectivity index (χ3v) is 6.72. The molecule has 1 aromatic heterocycles. The maximum absolute atomic E-state index is 13.4. The van der Waals surface area contributed by atoms with Crippen LogP contribution >= 0.6 is 0 Å². The zero-order valence-electron chi connectivity index (χ0n) is 20.8. The van der Waals surface area contributed by atoms with Gasteiger partial charge < -0.3 is 19.3 Å². The summed E-state index contributed by atoms with van der Waals surface area (Å²) in [6.45, 7) is 6.51. The Balaban J connectivity index is 1.42. The minimum atomic E-state index is -0.438. The van der Waals surface area contributed by atoms with Gasteiger partial charge >= 0.3 is 6.03 Å². The van der Waals surface area contributed by atoms with Crippen LogP contribution < -0.4 is 14.8 Å². The first kappa shape index (κ1) is 22.8. The Morgan fingerprint density at radius 3 is 2.57 bits per heavy atom. The van der Waals surface area contributed by atoms with E-state index in [0.29, 0.717) is 29.8 Å². The molecule has 186 valence electrons. The van der Waals surface area contributed by atoms with Crippen molar-refractivity contribution in [2.45, 2.75) is 33.4 Å². The lowest BCUT2D eigenvalue weighted by atomic mass is 9.94. The number of aromatic nitrogens is 2. The SMILES string of the molecule is CC1=C(c2nc(-c3cccc(C)c3)no2)C(c2ccc(C)cc2)NC(=O)N1Cc1ccc2c(c1)OCO2. The highest BCUT2D eigenvalue weighted by molar-refractivity contribution is 5.87.